The molecule has 1 heterocycles. The zero-order valence-electron chi connectivity index (χ0n) is 23.2. The van der Waals surface area contributed by atoms with E-state index in [1.54, 1.807) is 18.3 Å². The summed E-state index contributed by atoms with van der Waals surface area (Å²) in [6.45, 7) is 12.4. The summed E-state index contributed by atoms with van der Waals surface area (Å²) < 4.78 is 0. The molecule has 2 rings (SSSR count). The molecule has 0 bridgehead atoms. The number of carbonyl (C=O) groups is 2. The minimum absolute atomic E-state index is 0.160. The van der Waals surface area contributed by atoms with E-state index in [9.17, 15) is 19.9 Å². The molecule has 2 atom stereocenters. The van der Waals surface area contributed by atoms with Crippen molar-refractivity contribution < 1.29 is 19.9 Å². The molecule has 0 radical (unpaired) electrons. The molecular formula is C29H44N4O4. The van der Waals surface area contributed by atoms with Gasteiger partial charge in [0.2, 0.25) is 5.91 Å². The Labute approximate surface area is 221 Å². The van der Waals surface area contributed by atoms with Gasteiger partial charge in [0.05, 0.1) is 12.0 Å². The van der Waals surface area contributed by atoms with Crippen LogP contribution in [0.1, 0.15) is 94.2 Å². The molecule has 4 N–H and O–H groups in total. The third kappa shape index (κ3) is 7.82. The third-order valence-electron chi connectivity index (χ3n) is 7.56. The number of aliphatic hydroxyl groups excluding tert-OH is 1. The van der Waals surface area contributed by atoms with Crippen LogP contribution in [-0.4, -0.2) is 44.7 Å². The molecule has 1 aromatic heterocycles. The number of hydrogen-bond acceptors (Lipinski definition) is 6. The maximum Gasteiger partial charge on any atom is 0.251 e. The summed E-state index contributed by atoms with van der Waals surface area (Å²) in [4.78, 5) is 34.8. The van der Waals surface area contributed by atoms with E-state index < -0.39 is 23.3 Å². The molecule has 0 aliphatic carbocycles. The molecule has 37 heavy (non-hydrogen) atoms. The van der Waals surface area contributed by atoms with Crippen molar-refractivity contribution in [3.8, 4) is 0 Å². The van der Waals surface area contributed by atoms with E-state index in [1.165, 1.54) is 0 Å². The zero-order chi connectivity index (χ0) is 27.6. The average Bonchev–Trinajstić information content (AvgIpc) is 2.89. The normalized spacial score (nSPS) is 13.6. The second-order valence-corrected chi connectivity index (χ2v) is 10.9. The number of benzene rings is 1. The van der Waals surface area contributed by atoms with Gasteiger partial charge in [0, 0.05) is 29.4 Å². The van der Waals surface area contributed by atoms with Crippen LogP contribution in [0.3, 0.4) is 0 Å². The molecule has 1 aromatic carbocycles. The van der Waals surface area contributed by atoms with Crippen molar-refractivity contribution in [3.05, 3.63) is 59.2 Å². The Morgan fingerprint density at radius 3 is 2.24 bits per heavy atom. The topological polar surface area (TPSA) is 124 Å². The molecule has 0 saturated heterocycles. The van der Waals surface area contributed by atoms with Crippen LogP contribution in [0, 0.1) is 18.3 Å². The summed E-state index contributed by atoms with van der Waals surface area (Å²) in [6, 6.07) is 8.99. The summed E-state index contributed by atoms with van der Waals surface area (Å²) in [6.07, 6.45) is 4.88. The number of carbonyl (C=O) groups excluding carboxylic acids is 2. The van der Waals surface area contributed by atoms with Gasteiger partial charge in [0.15, 0.2) is 0 Å². The highest BCUT2D eigenvalue weighted by molar-refractivity contribution is 5.94. The maximum atomic E-state index is 12.9. The standard InChI is InChI=1S/C29H44N4O4/c1-7-29(8-2,27-31-19-22(20(3)32-27)16-17-24(34)28(4,5)6)23(26(36)33-37)15-12-18-30-25(35)21-13-10-9-11-14-21/h9-11,13-14,19,23-24,34,37H,7-8,12,15-18H2,1-6H3,(H,30,35)(H,33,36). The Hall–Kier alpha value is -2.84. The van der Waals surface area contributed by atoms with Crippen LogP contribution < -0.4 is 10.8 Å². The number of nitrogens with one attached hydrogen (secondary N) is 2. The van der Waals surface area contributed by atoms with Gasteiger partial charge in [-0.1, -0.05) is 52.8 Å². The van der Waals surface area contributed by atoms with Crippen LogP contribution in [0.25, 0.3) is 0 Å². The second-order valence-electron chi connectivity index (χ2n) is 10.9. The first-order valence-corrected chi connectivity index (χ1v) is 13.3. The highest BCUT2D eigenvalue weighted by Gasteiger charge is 2.44. The number of rotatable bonds is 13. The van der Waals surface area contributed by atoms with Gasteiger partial charge in [-0.15, -0.1) is 0 Å². The lowest BCUT2D eigenvalue weighted by atomic mass is 9.68. The highest BCUT2D eigenvalue weighted by Crippen LogP contribution is 2.40. The first-order chi connectivity index (χ1) is 17.5. The smallest absolute Gasteiger partial charge is 0.251 e. The molecule has 0 spiro atoms. The highest BCUT2D eigenvalue weighted by atomic mass is 16.5. The Kier molecular flexibility index (Phi) is 11.2. The molecule has 0 fully saturated rings. The van der Waals surface area contributed by atoms with Crippen LogP contribution in [-0.2, 0) is 16.6 Å². The van der Waals surface area contributed by atoms with E-state index in [1.807, 2.05) is 65.2 Å². The number of aromatic nitrogens is 2. The van der Waals surface area contributed by atoms with Crippen molar-refractivity contribution in [2.24, 2.45) is 11.3 Å². The lowest BCUT2D eigenvalue weighted by molar-refractivity contribution is -0.136. The van der Waals surface area contributed by atoms with E-state index in [0.717, 1.165) is 11.3 Å². The number of aliphatic hydroxyl groups is 1. The number of nitrogens with zero attached hydrogens (tertiary/aromatic N) is 2. The maximum absolute atomic E-state index is 12.9. The van der Waals surface area contributed by atoms with E-state index in [-0.39, 0.29) is 11.3 Å². The lowest BCUT2D eigenvalue weighted by Gasteiger charge is -2.37. The number of amides is 2. The number of hydroxylamine groups is 1. The van der Waals surface area contributed by atoms with Crippen LogP contribution in [0.15, 0.2) is 36.5 Å². The largest absolute Gasteiger partial charge is 0.393 e. The predicted octanol–water partition coefficient (Wildman–Crippen LogP) is 4.51. The lowest BCUT2D eigenvalue weighted by Crippen LogP contribution is -2.45. The third-order valence-corrected chi connectivity index (χ3v) is 7.56. The van der Waals surface area contributed by atoms with E-state index in [2.05, 4.69) is 5.32 Å². The van der Waals surface area contributed by atoms with Gasteiger partial charge in [-0.05, 0) is 68.6 Å². The summed E-state index contributed by atoms with van der Waals surface area (Å²) in [7, 11) is 0. The fourth-order valence-electron chi connectivity index (χ4n) is 4.85. The van der Waals surface area contributed by atoms with Gasteiger partial charge in [0.1, 0.15) is 5.82 Å². The van der Waals surface area contributed by atoms with Crippen LogP contribution >= 0.6 is 0 Å². The fraction of sp³-hybridized carbons (Fsp3) is 0.586. The Morgan fingerprint density at radius 2 is 1.70 bits per heavy atom. The molecule has 2 amide bonds. The van der Waals surface area contributed by atoms with E-state index in [4.69, 9.17) is 9.97 Å². The molecule has 8 heteroatoms. The van der Waals surface area contributed by atoms with Gasteiger partial charge in [-0.3, -0.25) is 14.8 Å². The van der Waals surface area contributed by atoms with Gasteiger partial charge in [-0.2, -0.15) is 0 Å². The van der Waals surface area contributed by atoms with Crippen LogP contribution in [0.5, 0.6) is 0 Å². The zero-order valence-corrected chi connectivity index (χ0v) is 23.2. The first kappa shape index (κ1) is 30.4. The fourth-order valence-corrected chi connectivity index (χ4v) is 4.85. The first-order valence-electron chi connectivity index (χ1n) is 13.3. The van der Waals surface area contributed by atoms with Crippen molar-refractivity contribution in [1.82, 2.24) is 20.8 Å². The van der Waals surface area contributed by atoms with Gasteiger partial charge in [0.25, 0.3) is 5.91 Å². The predicted molar refractivity (Wildman–Crippen MR) is 144 cm³/mol. The van der Waals surface area contributed by atoms with Crippen molar-refractivity contribution in [1.29, 1.82) is 0 Å². The molecule has 2 aromatic rings. The SMILES string of the molecule is CCC(CC)(c1ncc(CCC(O)C(C)(C)C)c(C)n1)C(CCCNC(=O)c1ccccc1)C(=O)NO. The molecule has 2 unspecified atom stereocenters. The molecule has 0 aliphatic rings. The summed E-state index contributed by atoms with van der Waals surface area (Å²) >= 11 is 0. The van der Waals surface area contributed by atoms with Gasteiger partial charge in [-0.25, -0.2) is 15.4 Å². The molecular weight excluding hydrogens is 468 g/mol. The molecule has 0 saturated carbocycles. The second kappa shape index (κ2) is 13.6. The number of aryl methyl sites for hydroxylation is 2. The summed E-state index contributed by atoms with van der Waals surface area (Å²) in [5.41, 5.74) is 3.36. The Balaban J connectivity index is 2.19. The molecule has 204 valence electrons. The minimum atomic E-state index is -0.676. The van der Waals surface area contributed by atoms with Crippen molar-refractivity contribution >= 4 is 11.8 Å². The quantitative estimate of drug-likeness (QED) is 0.178. The summed E-state index contributed by atoms with van der Waals surface area (Å²) in [5, 5.41) is 22.9. The van der Waals surface area contributed by atoms with Crippen molar-refractivity contribution in [2.45, 2.75) is 91.6 Å². The van der Waals surface area contributed by atoms with E-state index in [0.29, 0.717) is 56.5 Å². The Morgan fingerprint density at radius 1 is 1.05 bits per heavy atom. The molecule has 8 nitrogen and oxygen atoms in total. The van der Waals surface area contributed by atoms with E-state index >= 15 is 0 Å². The van der Waals surface area contributed by atoms with Crippen molar-refractivity contribution in [2.75, 3.05) is 6.54 Å². The minimum Gasteiger partial charge on any atom is -0.393 e. The monoisotopic (exact) mass is 512 g/mol. The van der Waals surface area contributed by atoms with Gasteiger partial charge >= 0.3 is 0 Å². The number of hydrogen-bond donors (Lipinski definition) is 4. The van der Waals surface area contributed by atoms with Gasteiger partial charge < -0.3 is 10.4 Å². The van der Waals surface area contributed by atoms with Crippen LogP contribution in [0.2, 0.25) is 0 Å². The average molecular weight is 513 g/mol. The molecule has 0 aliphatic heterocycles. The summed E-state index contributed by atoms with van der Waals surface area (Å²) in [5.74, 6) is -0.630. The Bertz CT molecular complexity index is 1020. The van der Waals surface area contributed by atoms with Crippen LogP contribution in [0.4, 0.5) is 0 Å². The van der Waals surface area contributed by atoms with Crippen molar-refractivity contribution in [3.63, 3.8) is 0 Å².